The average molecular weight is 115 g/mol. The van der Waals surface area contributed by atoms with Crippen LogP contribution >= 0.6 is 0 Å². The van der Waals surface area contributed by atoms with Crippen LogP contribution in [0.5, 0.6) is 0 Å². The minimum atomic E-state index is -1.69. The van der Waals surface area contributed by atoms with E-state index in [0.29, 0.717) is 0 Å². The molecule has 0 spiro atoms. The Morgan fingerprint density at radius 2 is 1.88 bits per heavy atom. The van der Waals surface area contributed by atoms with E-state index in [1.807, 2.05) is 0 Å². The molecule has 0 aliphatic heterocycles. The number of nitroso groups, excluding NO2 is 1. The number of aliphatic hydroxyl groups is 2. The molecule has 0 saturated heterocycles. The Kier molecular flexibility index (Phi) is 2.64. The molecule has 0 aromatic rings. The Hall–Kier alpha value is -0.415. The van der Waals surface area contributed by atoms with Crippen LogP contribution in [0.25, 0.3) is 0 Å². The summed E-state index contributed by atoms with van der Waals surface area (Å²) in [6, 6.07) is 0. The van der Waals surface area contributed by atoms with Crippen molar-refractivity contribution in [2.45, 2.75) is 5.44 Å². The van der Waals surface area contributed by atoms with Crippen LogP contribution in [-0.4, -0.2) is 36.7 Å². The van der Waals surface area contributed by atoms with Crippen molar-refractivity contribution in [1.82, 2.24) is 0 Å². The standard InChI is InChI=1S/C3H6BNO3/c4-3(1-6,2-7)5-8/h6-7H,1-2H2. The summed E-state index contributed by atoms with van der Waals surface area (Å²) in [4.78, 5) is 9.59. The molecule has 2 N–H and O–H groups in total. The van der Waals surface area contributed by atoms with Crippen molar-refractivity contribution in [2.75, 3.05) is 13.2 Å². The maximum atomic E-state index is 9.59. The summed E-state index contributed by atoms with van der Waals surface area (Å²) in [6.45, 7) is -1.26. The monoisotopic (exact) mass is 115 g/mol. The van der Waals surface area contributed by atoms with Gasteiger partial charge in [0, 0.05) is 0 Å². The van der Waals surface area contributed by atoms with E-state index < -0.39 is 18.7 Å². The summed E-state index contributed by atoms with van der Waals surface area (Å²) in [5, 5.41) is 18.7. The Bertz CT molecular complexity index is 82.6. The van der Waals surface area contributed by atoms with Crippen molar-refractivity contribution in [3.63, 3.8) is 0 Å². The summed E-state index contributed by atoms with van der Waals surface area (Å²) in [5.74, 6) is 0. The molecule has 0 rings (SSSR count). The maximum Gasteiger partial charge on any atom is 0.118 e. The maximum absolute atomic E-state index is 9.59. The van der Waals surface area contributed by atoms with Crippen LogP contribution in [0.15, 0.2) is 5.18 Å². The third-order valence-electron chi connectivity index (χ3n) is 0.729. The molecule has 0 saturated carbocycles. The van der Waals surface area contributed by atoms with E-state index >= 15 is 0 Å². The molecule has 44 valence electrons. The SMILES string of the molecule is [B]C(CO)(CO)N=O. The summed E-state index contributed by atoms with van der Waals surface area (Å²) >= 11 is 0. The number of hydrogen-bond donors (Lipinski definition) is 2. The van der Waals surface area contributed by atoms with E-state index in [9.17, 15) is 4.91 Å². The predicted molar refractivity (Wildman–Crippen MR) is 28.5 cm³/mol. The first kappa shape index (κ1) is 7.58. The van der Waals surface area contributed by atoms with Crippen LogP contribution < -0.4 is 0 Å². The lowest BCUT2D eigenvalue weighted by molar-refractivity contribution is 0.172. The van der Waals surface area contributed by atoms with Crippen LogP contribution in [0.3, 0.4) is 0 Å². The van der Waals surface area contributed by atoms with Gasteiger partial charge in [-0.05, 0) is 0 Å². The third-order valence-corrected chi connectivity index (χ3v) is 0.729. The second-order valence-electron chi connectivity index (χ2n) is 1.51. The lowest BCUT2D eigenvalue weighted by Gasteiger charge is -2.13. The van der Waals surface area contributed by atoms with Gasteiger partial charge in [-0.1, -0.05) is 5.18 Å². The highest BCUT2D eigenvalue weighted by molar-refractivity contribution is 6.15. The van der Waals surface area contributed by atoms with Gasteiger partial charge in [0.2, 0.25) is 0 Å². The van der Waals surface area contributed by atoms with Crippen LogP contribution in [0.1, 0.15) is 0 Å². The van der Waals surface area contributed by atoms with Crippen molar-refractivity contribution in [3.8, 4) is 0 Å². The van der Waals surface area contributed by atoms with Gasteiger partial charge in [-0.25, -0.2) is 0 Å². The topological polar surface area (TPSA) is 69.9 Å². The van der Waals surface area contributed by atoms with Gasteiger partial charge in [0.25, 0.3) is 0 Å². The second-order valence-corrected chi connectivity index (χ2v) is 1.51. The summed E-state index contributed by atoms with van der Waals surface area (Å²) < 4.78 is 0. The minimum Gasteiger partial charge on any atom is -0.394 e. The molecule has 4 nitrogen and oxygen atoms in total. The van der Waals surface area contributed by atoms with Gasteiger partial charge in [0.15, 0.2) is 0 Å². The fourth-order valence-corrected chi connectivity index (χ4v) is 0.108. The van der Waals surface area contributed by atoms with Crippen molar-refractivity contribution >= 4 is 7.85 Å². The zero-order valence-electron chi connectivity index (χ0n) is 4.24. The molecule has 0 heterocycles. The lowest BCUT2D eigenvalue weighted by Crippen LogP contribution is -2.35. The van der Waals surface area contributed by atoms with E-state index in [2.05, 4.69) is 5.18 Å². The van der Waals surface area contributed by atoms with Crippen molar-refractivity contribution < 1.29 is 10.2 Å². The third kappa shape index (κ3) is 1.59. The minimum absolute atomic E-state index is 0.632. The number of rotatable bonds is 3. The highest BCUT2D eigenvalue weighted by atomic mass is 16.3. The van der Waals surface area contributed by atoms with Crippen molar-refractivity contribution in [3.05, 3.63) is 4.91 Å². The summed E-state index contributed by atoms with van der Waals surface area (Å²) in [6.07, 6.45) is 0. The van der Waals surface area contributed by atoms with Gasteiger partial charge in [-0.15, -0.1) is 0 Å². The number of nitrogens with zero attached hydrogens (tertiary/aromatic N) is 1. The lowest BCUT2D eigenvalue weighted by atomic mass is 9.80. The molecule has 0 amide bonds. The molecule has 0 aliphatic rings. The van der Waals surface area contributed by atoms with Gasteiger partial charge < -0.3 is 10.2 Å². The zero-order valence-corrected chi connectivity index (χ0v) is 4.24. The van der Waals surface area contributed by atoms with Gasteiger partial charge in [-0.3, -0.25) is 0 Å². The predicted octanol–water partition coefficient (Wildman–Crippen LogP) is -1.40. The van der Waals surface area contributed by atoms with Gasteiger partial charge in [0.1, 0.15) is 13.3 Å². The Balaban J connectivity index is 3.76. The van der Waals surface area contributed by atoms with Crippen LogP contribution in [0.2, 0.25) is 0 Å². The van der Waals surface area contributed by atoms with E-state index in [1.165, 1.54) is 0 Å². The molecular formula is C3H6BNO3. The summed E-state index contributed by atoms with van der Waals surface area (Å²) in [7, 11) is 4.92. The second kappa shape index (κ2) is 2.79. The molecule has 2 radical (unpaired) electrons. The van der Waals surface area contributed by atoms with E-state index in [0.717, 1.165) is 0 Å². The fraction of sp³-hybridized carbons (Fsp3) is 1.00. The Morgan fingerprint density at radius 1 is 1.50 bits per heavy atom. The molecule has 0 aromatic carbocycles. The Morgan fingerprint density at radius 3 is 1.88 bits per heavy atom. The van der Waals surface area contributed by atoms with Crippen molar-refractivity contribution in [1.29, 1.82) is 0 Å². The molecule has 0 atom stereocenters. The Labute approximate surface area is 47.9 Å². The highest BCUT2D eigenvalue weighted by Gasteiger charge is 2.21. The molecule has 0 fully saturated rings. The molecule has 0 aromatic heterocycles. The fourth-order valence-electron chi connectivity index (χ4n) is 0.108. The largest absolute Gasteiger partial charge is 0.394 e. The van der Waals surface area contributed by atoms with Crippen LogP contribution in [-0.2, 0) is 0 Å². The van der Waals surface area contributed by atoms with E-state index in [1.54, 1.807) is 0 Å². The van der Waals surface area contributed by atoms with Gasteiger partial charge >= 0.3 is 0 Å². The number of hydrogen-bond acceptors (Lipinski definition) is 4. The average Bonchev–Trinajstić information content (AvgIpc) is 1.87. The zero-order chi connectivity index (χ0) is 6.62. The number of aliphatic hydroxyl groups excluding tert-OH is 2. The smallest absolute Gasteiger partial charge is 0.118 e. The first-order valence-corrected chi connectivity index (χ1v) is 2.03. The first-order chi connectivity index (χ1) is 3.68. The van der Waals surface area contributed by atoms with Crippen molar-refractivity contribution in [2.24, 2.45) is 5.18 Å². The molecule has 0 unspecified atom stereocenters. The quantitative estimate of drug-likeness (QED) is 0.351. The van der Waals surface area contributed by atoms with Gasteiger partial charge in [0.05, 0.1) is 13.2 Å². The van der Waals surface area contributed by atoms with Crippen LogP contribution in [0.4, 0.5) is 0 Å². The van der Waals surface area contributed by atoms with E-state index in [4.69, 9.17) is 18.1 Å². The normalized spacial score (nSPS) is 11.2. The van der Waals surface area contributed by atoms with Gasteiger partial charge in [-0.2, -0.15) is 4.91 Å². The molecular weight excluding hydrogens is 109 g/mol. The molecule has 0 bridgehead atoms. The molecule has 0 aliphatic carbocycles. The first-order valence-electron chi connectivity index (χ1n) is 2.03. The molecule has 8 heavy (non-hydrogen) atoms. The van der Waals surface area contributed by atoms with E-state index in [-0.39, 0.29) is 0 Å². The summed E-state index contributed by atoms with van der Waals surface area (Å²) in [5.41, 5.74) is -1.69. The highest BCUT2D eigenvalue weighted by Crippen LogP contribution is 2.00. The van der Waals surface area contributed by atoms with Crippen LogP contribution in [0, 0.1) is 4.91 Å². The molecule has 5 heteroatoms.